The Labute approximate surface area is 123 Å². The first-order valence-electron chi connectivity index (χ1n) is 6.72. The standard InChI is InChI=1S/C14H20N2O3S/c1-9(2)10(3)15-13(17)12-7-20-8-16(12)14(18)11-4-5-19-6-11/h4-6,9-10,12H,7-8H2,1-3H3,(H,15,17)/t10-,12+/m1/s1. The minimum absolute atomic E-state index is 0.0759. The summed E-state index contributed by atoms with van der Waals surface area (Å²) in [6.45, 7) is 6.10. The van der Waals surface area contributed by atoms with Gasteiger partial charge in [0, 0.05) is 11.8 Å². The Hall–Kier alpha value is -1.43. The van der Waals surface area contributed by atoms with Gasteiger partial charge in [-0.2, -0.15) is 0 Å². The second kappa shape index (κ2) is 6.35. The third kappa shape index (κ3) is 3.17. The van der Waals surface area contributed by atoms with Crippen LogP contribution in [0.1, 0.15) is 31.1 Å². The zero-order valence-corrected chi connectivity index (χ0v) is 12.8. The van der Waals surface area contributed by atoms with Crippen LogP contribution in [-0.2, 0) is 4.79 Å². The van der Waals surface area contributed by atoms with E-state index < -0.39 is 6.04 Å². The number of carbonyl (C=O) groups excluding carboxylic acids is 2. The number of hydrogen-bond acceptors (Lipinski definition) is 4. The molecule has 2 amide bonds. The van der Waals surface area contributed by atoms with E-state index in [0.717, 1.165) is 0 Å². The molecule has 1 saturated heterocycles. The summed E-state index contributed by atoms with van der Waals surface area (Å²) in [6.07, 6.45) is 2.88. The van der Waals surface area contributed by atoms with Gasteiger partial charge < -0.3 is 14.6 Å². The molecule has 1 aromatic rings. The van der Waals surface area contributed by atoms with Crippen molar-refractivity contribution >= 4 is 23.6 Å². The van der Waals surface area contributed by atoms with Crippen LogP contribution in [0.25, 0.3) is 0 Å². The van der Waals surface area contributed by atoms with Crippen molar-refractivity contribution < 1.29 is 14.0 Å². The minimum Gasteiger partial charge on any atom is -0.472 e. The number of rotatable bonds is 4. The highest BCUT2D eigenvalue weighted by Crippen LogP contribution is 2.23. The summed E-state index contributed by atoms with van der Waals surface area (Å²) >= 11 is 1.59. The number of hydrogen-bond donors (Lipinski definition) is 1. The average molecular weight is 296 g/mol. The van der Waals surface area contributed by atoms with Gasteiger partial charge in [-0.3, -0.25) is 9.59 Å². The van der Waals surface area contributed by atoms with Crippen LogP contribution in [-0.4, -0.2) is 40.4 Å². The molecule has 1 aliphatic heterocycles. The topological polar surface area (TPSA) is 62.6 Å². The molecule has 2 atom stereocenters. The van der Waals surface area contributed by atoms with Crippen LogP contribution >= 0.6 is 11.8 Å². The zero-order valence-electron chi connectivity index (χ0n) is 12.0. The van der Waals surface area contributed by atoms with Gasteiger partial charge >= 0.3 is 0 Å². The Morgan fingerprint density at radius 3 is 2.80 bits per heavy atom. The number of carbonyl (C=O) groups is 2. The van der Waals surface area contributed by atoms with E-state index in [4.69, 9.17) is 4.42 Å². The van der Waals surface area contributed by atoms with E-state index in [0.29, 0.717) is 23.1 Å². The van der Waals surface area contributed by atoms with Gasteiger partial charge in [0.1, 0.15) is 12.3 Å². The molecule has 0 aliphatic carbocycles. The van der Waals surface area contributed by atoms with E-state index in [2.05, 4.69) is 19.2 Å². The van der Waals surface area contributed by atoms with Crippen molar-refractivity contribution in [2.75, 3.05) is 11.6 Å². The molecule has 0 saturated carbocycles. The molecular weight excluding hydrogens is 276 g/mol. The van der Waals surface area contributed by atoms with Crippen LogP contribution in [0.4, 0.5) is 0 Å². The van der Waals surface area contributed by atoms with Gasteiger partial charge in [-0.25, -0.2) is 0 Å². The summed E-state index contributed by atoms with van der Waals surface area (Å²) in [7, 11) is 0. The van der Waals surface area contributed by atoms with Gasteiger partial charge in [-0.05, 0) is 18.9 Å². The molecule has 5 nitrogen and oxygen atoms in total. The molecule has 0 unspecified atom stereocenters. The van der Waals surface area contributed by atoms with Crippen LogP contribution in [0.3, 0.4) is 0 Å². The summed E-state index contributed by atoms with van der Waals surface area (Å²) in [4.78, 5) is 26.2. The van der Waals surface area contributed by atoms with Crippen molar-refractivity contribution in [3.05, 3.63) is 24.2 Å². The van der Waals surface area contributed by atoms with Gasteiger partial charge in [0.15, 0.2) is 0 Å². The van der Waals surface area contributed by atoms with Crippen molar-refractivity contribution in [2.24, 2.45) is 5.92 Å². The van der Waals surface area contributed by atoms with E-state index >= 15 is 0 Å². The van der Waals surface area contributed by atoms with Crippen molar-refractivity contribution in [2.45, 2.75) is 32.9 Å². The van der Waals surface area contributed by atoms with Crippen LogP contribution < -0.4 is 5.32 Å². The number of amides is 2. The first-order chi connectivity index (χ1) is 9.50. The van der Waals surface area contributed by atoms with E-state index in [9.17, 15) is 9.59 Å². The third-order valence-corrected chi connectivity index (χ3v) is 4.60. The molecule has 2 heterocycles. The van der Waals surface area contributed by atoms with Gasteiger partial charge in [0.25, 0.3) is 5.91 Å². The Morgan fingerprint density at radius 2 is 2.20 bits per heavy atom. The predicted octanol–water partition coefficient (Wildman–Crippen LogP) is 1.96. The van der Waals surface area contributed by atoms with Crippen LogP contribution in [0.15, 0.2) is 23.0 Å². The van der Waals surface area contributed by atoms with Crippen molar-refractivity contribution in [3.8, 4) is 0 Å². The molecule has 6 heteroatoms. The maximum Gasteiger partial charge on any atom is 0.258 e. The fourth-order valence-corrected chi connectivity index (χ4v) is 3.05. The smallest absolute Gasteiger partial charge is 0.258 e. The number of thioether (sulfide) groups is 1. The number of nitrogens with one attached hydrogen (secondary N) is 1. The lowest BCUT2D eigenvalue weighted by molar-refractivity contribution is -0.125. The number of furan rings is 1. The minimum atomic E-state index is -0.399. The van der Waals surface area contributed by atoms with Crippen LogP contribution in [0.5, 0.6) is 0 Å². The maximum absolute atomic E-state index is 12.3. The highest BCUT2D eigenvalue weighted by Gasteiger charge is 2.35. The van der Waals surface area contributed by atoms with E-state index in [1.807, 2.05) is 6.92 Å². The number of nitrogens with zero attached hydrogens (tertiary/aromatic N) is 1. The molecule has 20 heavy (non-hydrogen) atoms. The lowest BCUT2D eigenvalue weighted by Crippen LogP contribution is -2.50. The molecule has 1 fully saturated rings. The molecule has 0 bridgehead atoms. The Morgan fingerprint density at radius 1 is 1.45 bits per heavy atom. The van der Waals surface area contributed by atoms with Crippen molar-refractivity contribution in [1.82, 2.24) is 10.2 Å². The lowest BCUT2D eigenvalue weighted by Gasteiger charge is -2.25. The molecule has 1 aromatic heterocycles. The highest BCUT2D eigenvalue weighted by molar-refractivity contribution is 7.99. The zero-order chi connectivity index (χ0) is 14.7. The third-order valence-electron chi connectivity index (χ3n) is 3.58. The summed E-state index contributed by atoms with van der Waals surface area (Å²) in [5, 5.41) is 2.98. The van der Waals surface area contributed by atoms with Crippen LogP contribution in [0, 0.1) is 5.92 Å². The van der Waals surface area contributed by atoms with E-state index in [1.54, 1.807) is 22.7 Å². The Bertz CT molecular complexity index is 473. The van der Waals surface area contributed by atoms with Gasteiger partial charge in [0.2, 0.25) is 5.91 Å². The monoisotopic (exact) mass is 296 g/mol. The molecule has 110 valence electrons. The second-order valence-electron chi connectivity index (χ2n) is 5.34. The lowest BCUT2D eigenvalue weighted by atomic mass is 10.1. The average Bonchev–Trinajstić information content (AvgIpc) is 3.08. The summed E-state index contributed by atoms with van der Waals surface area (Å²) in [5.41, 5.74) is 0.488. The fraction of sp³-hybridized carbons (Fsp3) is 0.571. The van der Waals surface area contributed by atoms with E-state index in [1.165, 1.54) is 12.5 Å². The summed E-state index contributed by atoms with van der Waals surface area (Å²) in [5.74, 6) is 1.32. The SMILES string of the molecule is CC(C)[C@@H](C)NC(=O)[C@@H]1CSCN1C(=O)c1ccoc1. The molecule has 1 N–H and O–H groups in total. The van der Waals surface area contributed by atoms with Crippen molar-refractivity contribution in [3.63, 3.8) is 0 Å². The highest BCUT2D eigenvalue weighted by atomic mass is 32.2. The molecule has 0 aromatic carbocycles. The molecule has 2 rings (SSSR count). The first-order valence-corrected chi connectivity index (χ1v) is 7.87. The molecular formula is C14H20N2O3S. The molecule has 0 spiro atoms. The summed E-state index contributed by atoms with van der Waals surface area (Å²) in [6, 6.07) is 1.32. The Balaban J connectivity index is 2.04. The Kier molecular flexibility index (Phi) is 4.75. The first kappa shape index (κ1) is 15.0. The summed E-state index contributed by atoms with van der Waals surface area (Å²) < 4.78 is 4.93. The molecule has 1 aliphatic rings. The second-order valence-corrected chi connectivity index (χ2v) is 6.34. The van der Waals surface area contributed by atoms with E-state index in [-0.39, 0.29) is 17.9 Å². The fourth-order valence-electron chi connectivity index (χ4n) is 1.90. The normalized spacial score (nSPS) is 20.2. The van der Waals surface area contributed by atoms with Gasteiger partial charge in [0.05, 0.1) is 17.7 Å². The van der Waals surface area contributed by atoms with Gasteiger partial charge in [-0.1, -0.05) is 13.8 Å². The quantitative estimate of drug-likeness (QED) is 0.922. The molecule has 0 radical (unpaired) electrons. The predicted molar refractivity (Wildman–Crippen MR) is 78.4 cm³/mol. The largest absolute Gasteiger partial charge is 0.472 e. The van der Waals surface area contributed by atoms with Crippen LogP contribution in [0.2, 0.25) is 0 Å². The maximum atomic E-state index is 12.3. The van der Waals surface area contributed by atoms with Gasteiger partial charge in [-0.15, -0.1) is 11.8 Å². The van der Waals surface area contributed by atoms with Crippen molar-refractivity contribution in [1.29, 1.82) is 0 Å².